The maximum atomic E-state index is 12.3. The number of likely N-dealkylation sites (tertiary alicyclic amines) is 1. The Labute approximate surface area is 191 Å². The van der Waals surface area contributed by atoms with Gasteiger partial charge >= 0.3 is 18.0 Å². The van der Waals surface area contributed by atoms with Crippen LogP contribution in [0.3, 0.4) is 0 Å². The van der Waals surface area contributed by atoms with Gasteiger partial charge in [-0.05, 0) is 25.8 Å². The van der Waals surface area contributed by atoms with Gasteiger partial charge in [0.2, 0.25) is 0 Å². The molecule has 1 aromatic carbocycles. The molecule has 0 N–H and O–H groups in total. The zero-order chi connectivity index (χ0) is 24.2. The summed E-state index contributed by atoms with van der Waals surface area (Å²) in [4.78, 5) is 47.6. The maximum Gasteiger partial charge on any atom is 0.410 e. The maximum absolute atomic E-state index is 12.3. The Morgan fingerprint density at radius 1 is 1.06 bits per heavy atom. The molecule has 11 heteroatoms. The van der Waals surface area contributed by atoms with Gasteiger partial charge in [-0.2, -0.15) is 0 Å². The number of esters is 2. The number of nitro groups is 1. The van der Waals surface area contributed by atoms with Crippen molar-refractivity contribution in [2.24, 2.45) is 5.92 Å². The van der Waals surface area contributed by atoms with Crippen molar-refractivity contribution < 1.29 is 38.3 Å². The van der Waals surface area contributed by atoms with Crippen molar-refractivity contribution in [1.82, 2.24) is 4.90 Å². The molecule has 11 nitrogen and oxygen atoms in total. The van der Waals surface area contributed by atoms with Gasteiger partial charge in [-0.25, -0.2) is 9.59 Å². The number of nitro benzene ring substituents is 1. The molecule has 33 heavy (non-hydrogen) atoms. The number of rotatable bonds is 11. The van der Waals surface area contributed by atoms with Gasteiger partial charge in [-0.1, -0.05) is 18.7 Å². The van der Waals surface area contributed by atoms with Crippen LogP contribution < -0.4 is 0 Å². The molecule has 180 valence electrons. The molecule has 0 unspecified atom stereocenters. The third-order valence-electron chi connectivity index (χ3n) is 4.91. The molecule has 0 aromatic heterocycles. The minimum atomic E-state index is -0.583. The summed E-state index contributed by atoms with van der Waals surface area (Å²) in [6.45, 7) is 5.98. The van der Waals surface area contributed by atoms with E-state index in [-0.39, 0.29) is 50.6 Å². The summed E-state index contributed by atoms with van der Waals surface area (Å²) in [5.74, 6) is -1.18. The highest BCUT2D eigenvalue weighted by Crippen LogP contribution is 2.21. The Morgan fingerprint density at radius 3 is 2.33 bits per heavy atom. The number of nitrogens with zero attached hydrogens (tertiary/aromatic N) is 2. The van der Waals surface area contributed by atoms with Crippen molar-refractivity contribution in [3.05, 3.63) is 52.1 Å². The van der Waals surface area contributed by atoms with Crippen molar-refractivity contribution >= 4 is 23.7 Å². The summed E-state index contributed by atoms with van der Waals surface area (Å²) in [5, 5.41) is 11.0. The zero-order valence-corrected chi connectivity index (χ0v) is 18.5. The molecule has 1 aliphatic rings. The van der Waals surface area contributed by atoms with E-state index in [4.69, 9.17) is 18.9 Å². The highest BCUT2D eigenvalue weighted by molar-refractivity contribution is 5.86. The average Bonchev–Trinajstić information content (AvgIpc) is 2.81. The summed E-state index contributed by atoms with van der Waals surface area (Å²) in [5.41, 5.74) is 0.512. The molecule has 0 atom stereocenters. The van der Waals surface area contributed by atoms with E-state index < -0.39 is 17.0 Å². The van der Waals surface area contributed by atoms with Gasteiger partial charge in [0.15, 0.2) is 0 Å². The Morgan fingerprint density at radius 2 is 1.70 bits per heavy atom. The van der Waals surface area contributed by atoms with Crippen LogP contribution in [0.2, 0.25) is 0 Å². The van der Waals surface area contributed by atoms with Gasteiger partial charge in [-0.15, -0.1) is 0 Å². The highest BCUT2D eigenvalue weighted by atomic mass is 16.6. The Kier molecular flexibility index (Phi) is 10.3. The largest absolute Gasteiger partial charge is 0.463 e. The average molecular weight is 464 g/mol. The van der Waals surface area contributed by atoms with Gasteiger partial charge < -0.3 is 23.8 Å². The lowest BCUT2D eigenvalue weighted by atomic mass is 9.97. The lowest BCUT2D eigenvalue weighted by Crippen LogP contribution is -2.41. The molecule has 0 aliphatic carbocycles. The number of carbonyl (C=O) groups excluding carboxylic acids is 3. The second kappa shape index (κ2) is 13.2. The summed E-state index contributed by atoms with van der Waals surface area (Å²) in [6, 6.07) is 6.06. The zero-order valence-electron chi connectivity index (χ0n) is 18.5. The van der Waals surface area contributed by atoms with Crippen LogP contribution in [0.4, 0.5) is 10.5 Å². The molecule has 0 radical (unpaired) electrons. The molecule has 0 bridgehead atoms. The summed E-state index contributed by atoms with van der Waals surface area (Å²) >= 11 is 0. The van der Waals surface area contributed by atoms with Crippen molar-refractivity contribution in [3.63, 3.8) is 0 Å². The van der Waals surface area contributed by atoms with Gasteiger partial charge in [0.1, 0.15) is 19.8 Å². The lowest BCUT2D eigenvalue weighted by Gasteiger charge is -2.30. The monoisotopic (exact) mass is 464 g/mol. The molecule has 2 rings (SSSR count). The number of amides is 1. The SMILES string of the molecule is C=C(C)C(=O)OCCOCCOC(=O)C1CCN(C(=O)OCc2ccccc2[N+](=O)[O-])CC1. The summed E-state index contributed by atoms with van der Waals surface area (Å²) in [7, 11) is 0. The fourth-order valence-corrected chi connectivity index (χ4v) is 3.08. The standard InChI is InChI=1S/C22H28N2O9/c1-16(2)20(25)31-13-11-30-12-14-32-21(26)17-7-9-23(10-8-17)22(27)33-15-18-5-3-4-6-19(18)24(28)29/h3-6,17H,1,7-15H2,2H3. The Hall–Kier alpha value is -3.47. The van der Waals surface area contributed by atoms with Gasteiger partial charge in [-0.3, -0.25) is 14.9 Å². The first-order chi connectivity index (χ1) is 15.8. The number of para-hydroxylation sites is 1. The van der Waals surface area contributed by atoms with Crippen molar-refractivity contribution in [3.8, 4) is 0 Å². The van der Waals surface area contributed by atoms with Crippen LogP contribution in [-0.2, 0) is 35.1 Å². The third kappa shape index (κ3) is 8.53. The molecule has 1 saturated heterocycles. The van der Waals surface area contributed by atoms with Crippen LogP contribution in [0.5, 0.6) is 0 Å². The first-order valence-corrected chi connectivity index (χ1v) is 10.5. The number of hydrogen-bond donors (Lipinski definition) is 0. The van der Waals surface area contributed by atoms with Crippen LogP contribution in [0, 0.1) is 16.0 Å². The molecule has 1 heterocycles. The first kappa shape index (κ1) is 25.8. The van der Waals surface area contributed by atoms with Crippen LogP contribution in [-0.4, -0.2) is 67.4 Å². The molecule has 1 amide bonds. The van der Waals surface area contributed by atoms with E-state index in [1.54, 1.807) is 19.1 Å². The van der Waals surface area contributed by atoms with Gasteiger partial charge in [0.05, 0.1) is 29.6 Å². The van der Waals surface area contributed by atoms with E-state index in [0.717, 1.165) is 0 Å². The van der Waals surface area contributed by atoms with E-state index >= 15 is 0 Å². The first-order valence-electron chi connectivity index (χ1n) is 10.5. The van der Waals surface area contributed by atoms with E-state index in [1.807, 2.05) is 0 Å². The Balaban J connectivity index is 1.61. The fraction of sp³-hybridized carbons (Fsp3) is 0.500. The minimum absolute atomic E-state index is 0.0748. The van der Waals surface area contributed by atoms with Crippen LogP contribution in [0.25, 0.3) is 0 Å². The van der Waals surface area contributed by atoms with Gasteiger partial charge in [0, 0.05) is 24.7 Å². The van der Waals surface area contributed by atoms with Crippen molar-refractivity contribution in [2.45, 2.75) is 26.4 Å². The number of hydrogen-bond acceptors (Lipinski definition) is 9. The van der Waals surface area contributed by atoms with Crippen molar-refractivity contribution in [2.75, 3.05) is 39.5 Å². The molecule has 1 aliphatic heterocycles. The van der Waals surface area contributed by atoms with E-state index in [2.05, 4.69) is 6.58 Å². The van der Waals surface area contributed by atoms with E-state index in [0.29, 0.717) is 37.1 Å². The Bertz CT molecular complexity index is 863. The molecular weight excluding hydrogens is 436 g/mol. The van der Waals surface area contributed by atoms with E-state index in [1.165, 1.54) is 17.0 Å². The third-order valence-corrected chi connectivity index (χ3v) is 4.91. The predicted molar refractivity (Wildman–Crippen MR) is 115 cm³/mol. The summed E-state index contributed by atoms with van der Waals surface area (Å²) < 4.78 is 20.5. The second-order valence-electron chi connectivity index (χ2n) is 7.40. The molecule has 1 fully saturated rings. The molecule has 0 spiro atoms. The predicted octanol–water partition coefficient (Wildman–Crippen LogP) is 2.62. The van der Waals surface area contributed by atoms with Gasteiger partial charge in [0.25, 0.3) is 5.69 Å². The second-order valence-corrected chi connectivity index (χ2v) is 7.40. The van der Waals surface area contributed by atoms with Crippen molar-refractivity contribution in [1.29, 1.82) is 0 Å². The molecular formula is C22H28N2O9. The fourth-order valence-electron chi connectivity index (χ4n) is 3.08. The number of carbonyl (C=O) groups is 3. The minimum Gasteiger partial charge on any atom is -0.463 e. The number of ether oxygens (including phenoxy) is 4. The molecule has 0 saturated carbocycles. The lowest BCUT2D eigenvalue weighted by molar-refractivity contribution is -0.385. The number of benzene rings is 1. The normalized spacial score (nSPS) is 13.8. The van der Waals surface area contributed by atoms with E-state index in [9.17, 15) is 24.5 Å². The smallest absolute Gasteiger partial charge is 0.410 e. The number of piperidine rings is 1. The topological polar surface area (TPSA) is 135 Å². The molecule has 1 aromatic rings. The quantitative estimate of drug-likeness (QED) is 0.121. The van der Waals surface area contributed by atoms with Crippen LogP contribution >= 0.6 is 0 Å². The highest BCUT2D eigenvalue weighted by Gasteiger charge is 2.29. The summed E-state index contributed by atoms with van der Waals surface area (Å²) in [6.07, 6.45) is 0.273. The van der Waals surface area contributed by atoms with Crippen LogP contribution in [0.15, 0.2) is 36.4 Å². The van der Waals surface area contributed by atoms with Crippen LogP contribution in [0.1, 0.15) is 25.3 Å².